The second kappa shape index (κ2) is 7.04. The van der Waals surface area contributed by atoms with E-state index in [2.05, 4.69) is 17.2 Å². The molecule has 112 valence electrons. The highest BCUT2D eigenvalue weighted by Gasteiger charge is 2.37. The molecule has 0 aromatic carbocycles. The summed E-state index contributed by atoms with van der Waals surface area (Å²) in [6.45, 7) is 6.62. The highest BCUT2D eigenvalue weighted by Crippen LogP contribution is 2.30. The van der Waals surface area contributed by atoms with Gasteiger partial charge >= 0.3 is 12.0 Å². The minimum absolute atomic E-state index is 0.0945. The summed E-state index contributed by atoms with van der Waals surface area (Å²) >= 11 is 0. The molecule has 0 atom stereocenters. The molecule has 1 fully saturated rings. The molecule has 0 aromatic heterocycles. The summed E-state index contributed by atoms with van der Waals surface area (Å²) < 4.78 is 0. The van der Waals surface area contributed by atoms with E-state index >= 15 is 0 Å². The molecule has 3 amide bonds. The first-order valence-electron chi connectivity index (χ1n) is 6.52. The van der Waals surface area contributed by atoms with Gasteiger partial charge in [-0.2, -0.15) is 0 Å². The molecule has 1 saturated heterocycles. The minimum atomic E-state index is -0.801. The Hall–Kier alpha value is -1.89. The van der Waals surface area contributed by atoms with E-state index in [1.54, 1.807) is 6.92 Å². The molecule has 0 spiro atoms. The number of carbonyl (C=O) groups is 3. The first-order valence-corrected chi connectivity index (χ1v) is 6.52. The SMILES string of the molecule is C=CCNC(=O)NC(=O)CN1CCC(C)(C(=O)O)CC1. The molecule has 7 nitrogen and oxygen atoms in total. The Balaban J connectivity index is 2.33. The minimum Gasteiger partial charge on any atom is -0.481 e. The number of carboxylic acid groups (broad SMARTS) is 1. The zero-order valence-electron chi connectivity index (χ0n) is 11.6. The van der Waals surface area contributed by atoms with Crippen molar-refractivity contribution in [3.63, 3.8) is 0 Å². The fraction of sp³-hybridized carbons (Fsp3) is 0.615. The number of imide groups is 1. The van der Waals surface area contributed by atoms with Gasteiger partial charge in [-0.3, -0.25) is 19.8 Å². The maximum Gasteiger partial charge on any atom is 0.321 e. The van der Waals surface area contributed by atoms with Gasteiger partial charge in [0.2, 0.25) is 5.91 Å². The molecular weight excluding hydrogens is 262 g/mol. The number of carboxylic acids is 1. The Labute approximate surface area is 118 Å². The van der Waals surface area contributed by atoms with Gasteiger partial charge in [-0.05, 0) is 32.9 Å². The Bertz CT molecular complexity index is 400. The third-order valence-corrected chi connectivity index (χ3v) is 3.50. The number of hydrogen-bond acceptors (Lipinski definition) is 4. The number of carbonyl (C=O) groups excluding carboxylic acids is 2. The van der Waals surface area contributed by atoms with E-state index in [1.165, 1.54) is 6.08 Å². The topological polar surface area (TPSA) is 98.7 Å². The molecule has 0 bridgehead atoms. The highest BCUT2D eigenvalue weighted by atomic mass is 16.4. The number of piperidine rings is 1. The Morgan fingerprint density at radius 2 is 1.95 bits per heavy atom. The Morgan fingerprint density at radius 1 is 1.35 bits per heavy atom. The van der Waals surface area contributed by atoms with Crippen LogP contribution in [0.5, 0.6) is 0 Å². The number of hydrogen-bond donors (Lipinski definition) is 3. The first-order chi connectivity index (χ1) is 9.37. The summed E-state index contributed by atoms with van der Waals surface area (Å²) in [5.74, 6) is -1.20. The van der Waals surface area contributed by atoms with Crippen LogP contribution in [0.1, 0.15) is 19.8 Å². The van der Waals surface area contributed by atoms with Gasteiger partial charge in [0, 0.05) is 6.54 Å². The second-order valence-corrected chi connectivity index (χ2v) is 5.19. The maximum atomic E-state index is 11.6. The van der Waals surface area contributed by atoms with Gasteiger partial charge in [0.05, 0.1) is 12.0 Å². The summed E-state index contributed by atoms with van der Waals surface area (Å²) in [6, 6.07) is -0.553. The summed E-state index contributed by atoms with van der Waals surface area (Å²) in [5.41, 5.74) is -0.714. The van der Waals surface area contributed by atoms with Crippen LogP contribution in [0.4, 0.5) is 4.79 Å². The third kappa shape index (κ3) is 4.65. The van der Waals surface area contributed by atoms with Crippen molar-refractivity contribution in [2.45, 2.75) is 19.8 Å². The van der Waals surface area contributed by atoms with Crippen LogP contribution in [0.2, 0.25) is 0 Å². The van der Waals surface area contributed by atoms with E-state index in [0.29, 0.717) is 32.5 Å². The van der Waals surface area contributed by atoms with Crippen LogP contribution >= 0.6 is 0 Å². The van der Waals surface area contributed by atoms with Crippen LogP contribution in [0.25, 0.3) is 0 Å². The fourth-order valence-electron chi connectivity index (χ4n) is 2.00. The number of rotatable bonds is 5. The highest BCUT2D eigenvalue weighted by molar-refractivity contribution is 5.95. The zero-order valence-corrected chi connectivity index (χ0v) is 11.6. The Morgan fingerprint density at radius 3 is 2.45 bits per heavy atom. The molecular formula is C13H21N3O4. The quantitative estimate of drug-likeness (QED) is 0.625. The van der Waals surface area contributed by atoms with Gasteiger partial charge in [0.1, 0.15) is 0 Å². The van der Waals surface area contributed by atoms with Crippen molar-refractivity contribution in [1.29, 1.82) is 0 Å². The summed E-state index contributed by atoms with van der Waals surface area (Å²) in [5, 5.41) is 13.8. The number of likely N-dealkylation sites (tertiary alicyclic amines) is 1. The van der Waals surface area contributed by atoms with E-state index in [0.717, 1.165) is 0 Å². The first kappa shape index (κ1) is 16.2. The van der Waals surface area contributed by atoms with E-state index in [9.17, 15) is 14.4 Å². The van der Waals surface area contributed by atoms with E-state index in [1.807, 2.05) is 4.90 Å². The molecule has 1 aliphatic heterocycles. The van der Waals surface area contributed by atoms with Crippen LogP contribution in [0.15, 0.2) is 12.7 Å². The number of urea groups is 1. The van der Waals surface area contributed by atoms with Crippen molar-refractivity contribution in [3.8, 4) is 0 Å². The van der Waals surface area contributed by atoms with Crippen LogP contribution < -0.4 is 10.6 Å². The lowest BCUT2D eigenvalue weighted by molar-refractivity contribution is -0.150. The van der Waals surface area contributed by atoms with Crippen molar-refractivity contribution in [1.82, 2.24) is 15.5 Å². The largest absolute Gasteiger partial charge is 0.481 e. The molecule has 1 aliphatic rings. The van der Waals surface area contributed by atoms with Gasteiger partial charge in [-0.1, -0.05) is 6.08 Å². The maximum absolute atomic E-state index is 11.6. The molecule has 0 unspecified atom stereocenters. The monoisotopic (exact) mass is 283 g/mol. The molecule has 1 heterocycles. The van der Waals surface area contributed by atoms with Gasteiger partial charge in [0.15, 0.2) is 0 Å². The number of nitrogens with one attached hydrogen (secondary N) is 2. The van der Waals surface area contributed by atoms with Crippen molar-refractivity contribution in [3.05, 3.63) is 12.7 Å². The zero-order chi connectivity index (χ0) is 15.2. The predicted octanol–water partition coefficient (Wildman–Crippen LogP) is 0.185. The molecule has 0 radical (unpaired) electrons. The summed E-state index contributed by atoms with van der Waals surface area (Å²) in [7, 11) is 0. The fourth-order valence-corrected chi connectivity index (χ4v) is 2.00. The molecule has 0 saturated carbocycles. The predicted molar refractivity (Wildman–Crippen MR) is 73.2 cm³/mol. The molecule has 3 N–H and O–H groups in total. The van der Waals surface area contributed by atoms with Gasteiger partial charge in [0.25, 0.3) is 0 Å². The van der Waals surface area contributed by atoms with Crippen molar-refractivity contribution >= 4 is 17.9 Å². The Kier molecular flexibility index (Phi) is 5.69. The van der Waals surface area contributed by atoms with Gasteiger partial charge in [-0.25, -0.2) is 4.79 Å². The molecule has 7 heteroatoms. The molecule has 0 aromatic rings. The normalized spacial score (nSPS) is 18.1. The lowest BCUT2D eigenvalue weighted by Gasteiger charge is -2.35. The van der Waals surface area contributed by atoms with Gasteiger partial charge in [-0.15, -0.1) is 6.58 Å². The van der Waals surface area contributed by atoms with Crippen molar-refractivity contribution in [2.24, 2.45) is 5.41 Å². The van der Waals surface area contributed by atoms with Crippen LogP contribution in [0, 0.1) is 5.41 Å². The van der Waals surface area contributed by atoms with Crippen molar-refractivity contribution < 1.29 is 19.5 Å². The second-order valence-electron chi connectivity index (χ2n) is 5.19. The third-order valence-electron chi connectivity index (χ3n) is 3.50. The van der Waals surface area contributed by atoms with Gasteiger partial charge < -0.3 is 10.4 Å². The van der Waals surface area contributed by atoms with E-state index in [-0.39, 0.29) is 6.54 Å². The molecule has 0 aliphatic carbocycles. The summed E-state index contributed by atoms with van der Waals surface area (Å²) in [6.07, 6.45) is 2.51. The van der Waals surface area contributed by atoms with E-state index < -0.39 is 23.3 Å². The lowest BCUT2D eigenvalue weighted by atomic mass is 9.80. The summed E-state index contributed by atoms with van der Waals surface area (Å²) in [4.78, 5) is 35.8. The lowest BCUT2D eigenvalue weighted by Crippen LogP contribution is -2.48. The average Bonchev–Trinajstić information content (AvgIpc) is 2.39. The number of amides is 3. The smallest absolute Gasteiger partial charge is 0.321 e. The molecule has 20 heavy (non-hydrogen) atoms. The van der Waals surface area contributed by atoms with Crippen molar-refractivity contribution in [2.75, 3.05) is 26.2 Å². The van der Waals surface area contributed by atoms with E-state index in [4.69, 9.17) is 5.11 Å². The van der Waals surface area contributed by atoms with Crippen LogP contribution in [-0.4, -0.2) is 54.1 Å². The average molecular weight is 283 g/mol. The molecule has 1 rings (SSSR count). The number of nitrogens with zero attached hydrogens (tertiary/aromatic N) is 1. The number of aliphatic carboxylic acids is 1. The van der Waals surface area contributed by atoms with Crippen LogP contribution in [0.3, 0.4) is 0 Å². The standard InChI is InChI=1S/C13H21N3O4/c1-3-6-14-12(20)15-10(17)9-16-7-4-13(2,5-8-16)11(18)19/h3H,1,4-9H2,2H3,(H,18,19)(H2,14,15,17,20). The van der Waals surface area contributed by atoms with Crippen LogP contribution in [-0.2, 0) is 9.59 Å².